The number of nitrogens with two attached hydrogens (primary N) is 5. The molecule has 32 nitrogen and oxygen atoms in total. The minimum absolute atomic E-state index is 0.0790. The normalized spacial score (nSPS) is 11.5. The Morgan fingerprint density at radius 2 is 1.01 bits per heavy atom. The lowest BCUT2D eigenvalue weighted by Crippen LogP contribution is -2.48. The molecule has 14 N–H and O–H groups in total. The van der Waals surface area contributed by atoms with E-state index in [9.17, 15) is 64.4 Å². The van der Waals surface area contributed by atoms with Gasteiger partial charge in [-0.05, 0) is 153 Å². The molecule has 5 aromatic rings. The van der Waals surface area contributed by atoms with Crippen LogP contribution in [0, 0.1) is 37.1 Å². The van der Waals surface area contributed by atoms with Gasteiger partial charge in [-0.2, -0.15) is 28.0 Å². The molecular weight excluding hydrogens is 1560 g/mol. The van der Waals surface area contributed by atoms with Crippen molar-refractivity contribution in [3.05, 3.63) is 142 Å². The largest absolute Gasteiger partial charge is 0.744 e. The minimum atomic E-state index is -5.91. The number of hydrogen-bond acceptors (Lipinski definition) is 26. The predicted octanol–water partition coefficient (Wildman–Crippen LogP) is 4.65. The number of carboxylic acid groups (broad SMARTS) is 4. The molecule has 2 atom stereocenters. The van der Waals surface area contributed by atoms with Gasteiger partial charge >= 0.3 is 36.2 Å². The zero-order valence-electron chi connectivity index (χ0n) is 65.3. The smallest absolute Gasteiger partial charge is 0.373 e. The monoisotopic (exact) mass is 1650 g/mol. The molecule has 0 aromatic heterocycles. The molecule has 0 saturated heterocycles. The molecule has 2 aliphatic carbocycles. The maximum Gasteiger partial charge on any atom is 0.373 e. The molecule has 5 aromatic carbocycles. The number of aryl methyl sites for hydroxylation is 2. The van der Waals surface area contributed by atoms with Crippen LogP contribution in [0.15, 0.2) is 111 Å². The Kier molecular flexibility index (Phi) is 36.4. The molecule has 2 aliphatic heterocycles. The van der Waals surface area contributed by atoms with Gasteiger partial charge < -0.3 is 85.1 Å². The highest BCUT2D eigenvalue weighted by molar-refractivity contribution is 7.85. The number of carbonyl (C=O) groups is 6. The maximum atomic E-state index is 14.3. The maximum absolute atomic E-state index is 14.3. The van der Waals surface area contributed by atoms with Gasteiger partial charge in [0.2, 0.25) is 23.3 Å². The number of carboxylic acids is 4. The highest BCUT2D eigenvalue weighted by Crippen LogP contribution is 2.48. The highest BCUT2D eigenvalue weighted by atomic mass is 32.2. The van der Waals surface area contributed by atoms with Gasteiger partial charge in [0.05, 0.1) is 45.4 Å². The van der Waals surface area contributed by atoms with Crippen LogP contribution < -0.4 is 73.2 Å². The van der Waals surface area contributed by atoms with Crippen molar-refractivity contribution in [2.24, 2.45) is 5.73 Å². The summed E-state index contributed by atoms with van der Waals surface area (Å²) in [6.07, 6.45) is 4.31. The first-order valence-corrected chi connectivity index (χ1v) is 37.6. The number of fused-ring (bicyclic) bond motifs is 4. The number of anilines is 4. The second-order valence-corrected chi connectivity index (χ2v) is 27.8. The highest BCUT2D eigenvalue weighted by Gasteiger charge is 2.33. The topological polar surface area (TPSA) is 520 Å². The van der Waals surface area contributed by atoms with Gasteiger partial charge in [-0.1, -0.05) is 6.42 Å². The molecule has 0 fully saturated rings. The second kappa shape index (κ2) is 44.9. The van der Waals surface area contributed by atoms with E-state index in [1.54, 1.807) is 43.5 Å². The summed E-state index contributed by atoms with van der Waals surface area (Å²) in [5, 5.41) is 55.6. The number of likely N-dealkylation sites (N-methyl/N-ethyl adjacent to an activating group) is 2. The number of nitrogens with zero attached hydrogens (tertiary/aromatic N) is 4. The quantitative estimate of drug-likeness (QED) is 0.00381. The van der Waals surface area contributed by atoms with E-state index in [4.69, 9.17) is 80.8 Å². The van der Waals surface area contributed by atoms with Gasteiger partial charge in [0.15, 0.2) is 22.3 Å². The third-order valence-corrected chi connectivity index (χ3v) is 19.3. The third-order valence-electron chi connectivity index (χ3n) is 18.4. The summed E-state index contributed by atoms with van der Waals surface area (Å²) in [5.41, 5.74) is 28.5. The number of amides is 1. The van der Waals surface area contributed by atoms with E-state index in [2.05, 4.69) is 34.9 Å². The summed E-state index contributed by atoms with van der Waals surface area (Å²) < 4.78 is 119. The molecule has 37 heteroatoms. The Balaban J connectivity index is 0.000000336. The summed E-state index contributed by atoms with van der Waals surface area (Å²) in [4.78, 5) is 105. The fourth-order valence-electron chi connectivity index (χ4n) is 13.0. The molecular formula is C80H92F4N10O22S. The van der Waals surface area contributed by atoms with E-state index in [-0.39, 0.29) is 50.7 Å². The molecule has 9 rings (SSSR count). The summed E-state index contributed by atoms with van der Waals surface area (Å²) in [5.74, 6) is -14.8. The first-order valence-electron chi connectivity index (χ1n) is 36.2. The van der Waals surface area contributed by atoms with Crippen molar-refractivity contribution < 1.29 is 133 Å². The number of benzene rings is 7. The van der Waals surface area contributed by atoms with Crippen LogP contribution in [-0.4, -0.2) is 179 Å². The third kappa shape index (κ3) is 25.9. The first-order chi connectivity index (χ1) is 55.4. The lowest BCUT2D eigenvalue weighted by molar-refractivity contribution is -0.311. The van der Waals surface area contributed by atoms with Crippen molar-refractivity contribution in [2.45, 2.75) is 109 Å². The Hall–Kier alpha value is -12.6. The Morgan fingerprint density at radius 1 is 0.590 bits per heavy atom. The van der Waals surface area contributed by atoms with Crippen molar-refractivity contribution in [3.63, 3.8) is 0 Å². The van der Waals surface area contributed by atoms with E-state index in [0.717, 1.165) is 79.6 Å². The molecule has 0 bridgehead atoms. The molecule has 2 heterocycles. The number of carbonyl (C=O) groups excluding carboxylic acids is 7. The molecule has 0 radical (unpaired) electrons. The number of halogens is 4. The SMILES string of the molecule is CCN(CCCC(=O)NCCCCC(C(=O)[O-])N(C)CC(=O)O)c1cc(OC)c(-c2c3ccc(=[NH2+])cc-3oc3cc(N)ccc23)cc1C.CCN(CCCC(=O)Oc1c(F)c(F)c(S(=O)(=O)[O-])c(F)c1F)c1cc(OC)c(-c2c3ccc(=[NH2+])cc-3oc3cc(N)ccc23)cc1C.CN(CC(=O)O)C(CCCCN)C(=O)O.O=C=O.O=C=O. The molecule has 628 valence electrons. The van der Waals surface area contributed by atoms with Crippen LogP contribution in [0.4, 0.5) is 40.3 Å². The van der Waals surface area contributed by atoms with Gasteiger partial charge in [-0.3, -0.25) is 44.6 Å². The number of methoxy groups -OCH3 is 2. The molecule has 2 unspecified atom stereocenters. The van der Waals surface area contributed by atoms with E-state index >= 15 is 0 Å². The summed E-state index contributed by atoms with van der Waals surface area (Å²) in [6, 6.07) is 28.1. The number of ether oxygens (including phenoxy) is 3. The zero-order chi connectivity index (χ0) is 87.3. The van der Waals surface area contributed by atoms with Gasteiger partial charge in [0.1, 0.15) is 55.2 Å². The fraction of sp³-hybridized carbons (Fsp3) is 0.350. The van der Waals surface area contributed by atoms with Crippen LogP contribution in [0.1, 0.15) is 89.2 Å². The standard InChI is InChI=1S/C36H45N5O7.C33H29F4N3O7S.C9H18N2O4.2CO2/c1-5-41(16-8-10-33(42)39-15-7-6-9-28(36(45)46)40(3)21-34(43)44)29-20-30(47-4)27(17-22(29)2)35-25-13-11-23(37)18-31(25)48-32-19-24(38)12-14-26(32)35;1-4-40(11-5-6-26(41)47-32-28(34)30(36)33(48(42,43)44)31(37)29(32)35)22-15-23(45-3)21(12-16(22)2)27-19-9-7-17(38)13-24(19)46-25-14-18(39)8-10-20(25)27;1-11(6-8(12)13)7(9(14)15)4-2-3-5-10;2*2-1-3/h11-14,17-20,28,37H,5-10,15-16,21,38H2,1-4H3,(H,39,42)(H,43,44)(H,45,46);7-10,12-15,38H,4-6,11,39H2,1-3H3,(H,42,43,44);7H,2-6,10H2,1H3,(H,12,13)(H,14,15);;. The predicted molar refractivity (Wildman–Crippen MR) is 413 cm³/mol. The van der Waals surface area contributed by atoms with Crippen LogP contribution >= 0.6 is 0 Å². The lowest BCUT2D eigenvalue weighted by atomic mass is 9.91. The van der Waals surface area contributed by atoms with Crippen LogP contribution in [0.3, 0.4) is 0 Å². The van der Waals surface area contributed by atoms with Crippen molar-refractivity contribution in [1.29, 1.82) is 0 Å². The zero-order valence-corrected chi connectivity index (χ0v) is 66.1. The lowest BCUT2D eigenvalue weighted by Gasteiger charge is -2.27. The van der Waals surface area contributed by atoms with Gasteiger partial charge in [0.25, 0.3) is 0 Å². The number of rotatable bonds is 35. The van der Waals surface area contributed by atoms with Crippen molar-refractivity contribution in [2.75, 3.05) is 102 Å². The second-order valence-electron chi connectivity index (χ2n) is 26.5. The molecule has 0 spiro atoms. The molecule has 117 heavy (non-hydrogen) atoms. The minimum Gasteiger partial charge on any atom is -0.744 e. The van der Waals surface area contributed by atoms with Crippen LogP contribution in [0.25, 0.3) is 66.8 Å². The number of unbranched alkanes of at least 4 members (excludes halogenated alkanes) is 2. The number of nitrogen functional groups attached to an aromatic ring is 2. The molecule has 1 amide bonds. The summed E-state index contributed by atoms with van der Waals surface area (Å²) in [6.45, 7) is 10.3. The molecule has 0 saturated carbocycles. The van der Waals surface area contributed by atoms with Gasteiger partial charge in [-0.25, -0.2) is 17.2 Å². The van der Waals surface area contributed by atoms with Gasteiger partial charge in [0, 0.05) is 155 Å². The molecule has 4 aliphatic rings. The van der Waals surface area contributed by atoms with Crippen LogP contribution in [0.2, 0.25) is 0 Å². The van der Waals surface area contributed by atoms with E-state index in [1.165, 1.54) is 31.0 Å². The van der Waals surface area contributed by atoms with Crippen molar-refractivity contribution in [1.82, 2.24) is 15.1 Å². The van der Waals surface area contributed by atoms with Crippen LogP contribution in [-0.2, 0) is 58.1 Å². The number of aliphatic carboxylic acids is 4. The van der Waals surface area contributed by atoms with Crippen molar-refractivity contribution >= 4 is 103 Å². The summed E-state index contributed by atoms with van der Waals surface area (Å²) >= 11 is 0. The Bertz CT molecular complexity index is 5250. The van der Waals surface area contributed by atoms with Gasteiger partial charge in [-0.15, -0.1) is 0 Å². The average molecular weight is 1650 g/mol. The van der Waals surface area contributed by atoms with Crippen molar-refractivity contribution in [3.8, 4) is 62.1 Å². The average Bonchev–Trinajstić information content (AvgIpc) is 0.758. The number of esters is 1. The van der Waals surface area contributed by atoms with E-state index in [1.807, 2.05) is 73.3 Å². The number of nitrogens with one attached hydrogen (secondary N) is 1. The summed E-state index contributed by atoms with van der Waals surface area (Å²) in [7, 11) is 0.214. The first kappa shape index (κ1) is 95.0. The van der Waals surface area contributed by atoms with Crippen LogP contribution in [0.5, 0.6) is 17.2 Å². The Labute approximate surface area is 668 Å². The fourth-order valence-corrected chi connectivity index (χ4v) is 13.6. The van der Waals surface area contributed by atoms with E-state index in [0.29, 0.717) is 121 Å². The Morgan fingerprint density at radius 3 is 1.40 bits per heavy atom. The van der Waals surface area contributed by atoms with E-state index < -0.39 is 92.4 Å². The number of hydrogen-bond donors (Lipinski definition) is 9.